The Morgan fingerprint density at radius 3 is 1.90 bits per heavy atom. The van der Waals surface area contributed by atoms with E-state index >= 15 is 0 Å². The SMILES string of the molecule is OC[C@H]1O[C@@H](OCCCl)[C@@H](OCc2ccccc2)[C@@H](O)[C@@H]1OCc1ccccc1. The van der Waals surface area contributed by atoms with Crippen LogP contribution >= 0.6 is 11.6 Å². The number of hydrogen-bond donors (Lipinski definition) is 2. The number of ether oxygens (including phenoxy) is 4. The maximum absolute atomic E-state index is 11.0. The molecule has 1 aliphatic heterocycles. The second-order valence-electron chi connectivity index (χ2n) is 6.80. The van der Waals surface area contributed by atoms with Gasteiger partial charge in [-0.15, -0.1) is 11.6 Å². The Bertz CT molecular complexity index is 701. The van der Waals surface area contributed by atoms with Crippen LogP contribution in [0.1, 0.15) is 11.1 Å². The minimum atomic E-state index is -1.05. The molecule has 0 bridgehead atoms. The zero-order valence-corrected chi connectivity index (χ0v) is 16.9. The lowest BCUT2D eigenvalue weighted by Crippen LogP contribution is -2.60. The molecule has 0 aliphatic carbocycles. The van der Waals surface area contributed by atoms with Crippen LogP contribution in [-0.2, 0) is 32.2 Å². The van der Waals surface area contributed by atoms with Gasteiger partial charge in [-0.05, 0) is 11.1 Å². The van der Waals surface area contributed by atoms with Crippen molar-refractivity contribution < 1.29 is 29.2 Å². The minimum Gasteiger partial charge on any atom is -0.394 e. The third-order valence-electron chi connectivity index (χ3n) is 4.73. The van der Waals surface area contributed by atoms with E-state index in [9.17, 15) is 10.2 Å². The molecule has 2 aromatic rings. The first-order chi connectivity index (χ1) is 14.2. The Kier molecular flexibility index (Phi) is 8.89. The molecule has 3 rings (SSSR count). The lowest BCUT2D eigenvalue weighted by atomic mass is 9.98. The van der Waals surface area contributed by atoms with Gasteiger partial charge in [-0.3, -0.25) is 0 Å². The van der Waals surface area contributed by atoms with Crippen molar-refractivity contribution in [3.8, 4) is 0 Å². The second kappa shape index (κ2) is 11.6. The fraction of sp³-hybridized carbons (Fsp3) is 0.455. The summed E-state index contributed by atoms with van der Waals surface area (Å²) in [5, 5.41) is 20.8. The molecule has 0 amide bonds. The fourth-order valence-electron chi connectivity index (χ4n) is 3.25. The molecular weight excluding hydrogens is 396 g/mol. The van der Waals surface area contributed by atoms with Crippen molar-refractivity contribution in [1.82, 2.24) is 0 Å². The summed E-state index contributed by atoms with van der Waals surface area (Å²) in [7, 11) is 0. The zero-order chi connectivity index (χ0) is 20.5. The highest BCUT2D eigenvalue weighted by Crippen LogP contribution is 2.28. The van der Waals surface area contributed by atoms with Gasteiger partial charge in [-0.2, -0.15) is 0 Å². The van der Waals surface area contributed by atoms with Crippen molar-refractivity contribution in [3.63, 3.8) is 0 Å². The molecule has 0 radical (unpaired) electrons. The lowest BCUT2D eigenvalue weighted by molar-refractivity contribution is -0.317. The maximum atomic E-state index is 11.0. The first-order valence-corrected chi connectivity index (χ1v) is 10.2. The van der Waals surface area contributed by atoms with E-state index in [1.165, 1.54) is 0 Å². The fourth-order valence-corrected chi connectivity index (χ4v) is 3.34. The topological polar surface area (TPSA) is 77.4 Å². The van der Waals surface area contributed by atoms with E-state index in [0.717, 1.165) is 11.1 Å². The first-order valence-electron chi connectivity index (χ1n) is 9.66. The predicted octanol–water partition coefficient (Wildman–Crippen LogP) is 2.49. The van der Waals surface area contributed by atoms with Gasteiger partial charge >= 0.3 is 0 Å². The van der Waals surface area contributed by atoms with Gasteiger partial charge in [0.1, 0.15) is 24.4 Å². The summed E-state index contributed by atoms with van der Waals surface area (Å²) in [6.07, 6.45) is -4.21. The molecule has 2 aromatic carbocycles. The molecule has 1 fully saturated rings. The Morgan fingerprint density at radius 1 is 0.828 bits per heavy atom. The molecule has 7 heteroatoms. The largest absolute Gasteiger partial charge is 0.394 e. The van der Waals surface area contributed by atoms with Crippen LogP contribution in [0, 0.1) is 0 Å². The van der Waals surface area contributed by atoms with Gasteiger partial charge in [0, 0.05) is 5.88 Å². The highest BCUT2D eigenvalue weighted by atomic mass is 35.5. The average Bonchev–Trinajstić information content (AvgIpc) is 2.77. The monoisotopic (exact) mass is 422 g/mol. The van der Waals surface area contributed by atoms with E-state index in [2.05, 4.69) is 0 Å². The molecule has 2 N–H and O–H groups in total. The van der Waals surface area contributed by atoms with Gasteiger partial charge in [0.2, 0.25) is 0 Å². The standard InChI is InChI=1S/C22H27ClO6/c23-11-12-26-22-21(28-15-17-9-5-2-6-10-17)19(25)20(18(13-24)29-22)27-14-16-7-3-1-4-8-16/h1-10,18-22,24-25H,11-15H2/t18-,19+,20-,21+,22-/m1/s1. The molecule has 1 aliphatic rings. The summed E-state index contributed by atoms with van der Waals surface area (Å²) in [6.45, 7) is 0.476. The lowest BCUT2D eigenvalue weighted by Gasteiger charge is -2.43. The van der Waals surface area contributed by atoms with Crippen molar-refractivity contribution in [2.24, 2.45) is 0 Å². The van der Waals surface area contributed by atoms with Crippen LogP contribution in [0.2, 0.25) is 0 Å². The molecule has 29 heavy (non-hydrogen) atoms. The predicted molar refractivity (Wildman–Crippen MR) is 108 cm³/mol. The Morgan fingerprint density at radius 2 is 1.38 bits per heavy atom. The highest BCUT2D eigenvalue weighted by molar-refractivity contribution is 6.17. The highest BCUT2D eigenvalue weighted by Gasteiger charge is 2.47. The molecule has 0 saturated carbocycles. The normalized spacial score (nSPS) is 27.1. The third-order valence-corrected chi connectivity index (χ3v) is 4.88. The van der Waals surface area contributed by atoms with Crippen LogP contribution in [0.25, 0.3) is 0 Å². The van der Waals surface area contributed by atoms with Crippen molar-refractivity contribution in [2.75, 3.05) is 19.1 Å². The van der Waals surface area contributed by atoms with E-state index in [1.54, 1.807) is 0 Å². The van der Waals surface area contributed by atoms with Gasteiger partial charge in [0.15, 0.2) is 6.29 Å². The van der Waals surface area contributed by atoms with Gasteiger partial charge in [0.25, 0.3) is 0 Å². The number of rotatable bonds is 10. The van der Waals surface area contributed by atoms with Gasteiger partial charge in [-0.1, -0.05) is 60.7 Å². The summed E-state index contributed by atoms with van der Waals surface area (Å²) < 4.78 is 23.4. The molecule has 0 spiro atoms. The van der Waals surface area contributed by atoms with Crippen molar-refractivity contribution in [1.29, 1.82) is 0 Å². The number of hydrogen-bond acceptors (Lipinski definition) is 6. The van der Waals surface area contributed by atoms with Crippen molar-refractivity contribution in [3.05, 3.63) is 71.8 Å². The minimum absolute atomic E-state index is 0.234. The van der Waals surface area contributed by atoms with Gasteiger partial charge in [0.05, 0.1) is 26.4 Å². The van der Waals surface area contributed by atoms with Gasteiger partial charge < -0.3 is 29.2 Å². The smallest absolute Gasteiger partial charge is 0.186 e. The van der Waals surface area contributed by atoms with E-state index in [4.69, 9.17) is 30.5 Å². The van der Waals surface area contributed by atoms with E-state index < -0.39 is 30.7 Å². The van der Waals surface area contributed by atoms with Crippen LogP contribution in [0.5, 0.6) is 0 Å². The molecule has 5 atom stereocenters. The number of aliphatic hydroxyl groups excluding tert-OH is 2. The summed E-state index contributed by atoms with van der Waals surface area (Å²) >= 11 is 5.74. The molecule has 1 saturated heterocycles. The number of halogens is 1. The Balaban J connectivity index is 1.70. The number of aliphatic hydroxyl groups is 2. The Labute approximate surface area is 175 Å². The van der Waals surface area contributed by atoms with Crippen molar-refractivity contribution in [2.45, 2.75) is 43.9 Å². The van der Waals surface area contributed by atoms with Crippen molar-refractivity contribution >= 4 is 11.6 Å². The van der Waals surface area contributed by atoms with Crippen LogP contribution < -0.4 is 0 Å². The quantitative estimate of drug-likeness (QED) is 0.573. The zero-order valence-electron chi connectivity index (χ0n) is 16.1. The molecule has 1 heterocycles. The summed E-state index contributed by atoms with van der Waals surface area (Å²) in [5.74, 6) is 0.277. The summed E-state index contributed by atoms with van der Waals surface area (Å²) in [4.78, 5) is 0. The Hall–Kier alpha value is -1.51. The van der Waals surface area contributed by atoms with E-state index in [1.807, 2.05) is 60.7 Å². The van der Waals surface area contributed by atoms with E-state index in [-0.39, 0.29) is 32.3 Å². The van der Waals surface area contributed by atoms with Gasteiger partial charge in [-0.25, -0.2) is 0 Å². The van der Waals surface area contributed by atoms with Crippen LogP contribution in [0.15, 0.2) is 60.7 Å². The van der Waals surface area contributed by atoms with E-state index in [0.29, 0.717) is 0 Å². The molecule has 0 aromatic heterocycles. The molecule has 6 nitrogen and oxygen atoms in total. The molecular formula is C22H27ClO6. The van der Waals surface area contributed by atoms with Crippen LogP contribution in [-0.4, -0.2) is 60.0 Å². The third kappa shape index (κ3) is 6.23. The summed E-state index contributed by atoms with van der Waals surface area (Å²) in [5.41, 5.74) is 1.92. The molecule has 158 valence electrons. The molecule has 0 unspecified atom stereocenters. The first kappa shape index (κ1) is 22.2. The second-order valence-corrected chi connectivity index (χ2v) is 7.18. The number of benzene rings is 2. The maximum Gasteiger partial charge on any atom is 0.186 e. The number of alkyl halides is 1. The van der Waals surface area contributed by atoms with Crippen LogP contribution in [0.3, 0.4) is 0 Å². The average molecular weight is 423 g/mol. The summed E-state index contributed by atoms with van der Waals surface area (Å²) in [6, 6.07) is 19.2. The van der Waals surface area contributed by atoms with Crippen LogP contribution in [0.4, 0.5) is 0 Å².